The second-order valence-corrected chi connectivity index (χ2v) is 6.07. The van der Waals surface area contributed by atoms with Crippen LogP contribution in [0.25, 0.3) is 11.0 Å². The van der Waals surface area contributed by atoms with E-state index in [0.717, 1.165) is 26.5 Å². The predicted octanol–water partition coefficient (Wildman–Crippen LogP) is 4.75. The summed E-state index contributed by atoms with van der Waals surface area (Å²) in [6.45, 7) is 4.28. The van der Waals surface area contributed by atoms with Crippen LogP contribution in [-0.4, -0.2) is 0 Å². The van der Waals surface area contributed by atoms with Crippen molar-refractivity contribution in [2.45, 2.75) is 20.5 Å². The minimum Gasteiger partial charge on any atom is -0.488 e. The van der Waals surface area contributed by atoms with Crippen molar-refractivity contribution < 1.29 is 9.15 Å². The molecule has 0 spiro atoms. The highest BCUT2D eigenvalue weighted by atomic mass is 79.9. The van der Waals surface area contributed by atoms with E-state index >= 15 is 0 Å². The Kier molecular flexibility index (Phi) is 4.03. The van der Waals surface area contributed by atoms with Gasteiger partial charge in [-0.2, -0.15) is 0 Å². The second-order valence-electron chi connectivity index (χ2n) is 5.21. The van der Waals surface area contributed by atoms with Gasteiger partial charge in [0.15, 0.2) is 0 Å². The minimum absolute atomic E-state index is 0.382. The van der Waals surface area contributed by atoms with Gasteiger partial charge in [-0.15, -0.1) is 0 Å². The molecular formula is C18H15BrO3. The van der Waals surface area contributed by atoms with E-state index in [1.54, 1.807) is 0 Å². The van der Waals surface area contributed by atoms with Gasteiger partial charge >= 0.3 is 5.63 Å². The summed E-state index contributed by atoms with van der Waals surface area (Å²) in [6.07, 6.45) is 0. The lowest BCUT2D eigenvalue weighted by Crippen LogP contribution is -2.04. The van der Waals surface area contributed by atoms with E-state index in [9.17, 15) is 4.79 Å². The highest BCUT2D eigenvalue weighted by Crippen LogP contribution is 2.30. The third-order valence-electron chi connectivity index (χ3n) is 3.60. The molecule has 0 fully saturated rings. The van der Waals surface area contributed by atoms with Gasteiger partial charge in [-0.1, -0.05) is 46.3 Å². The molecule has 0 aliphatic heterocycles. The van der Waals surface area contributed by atoms with E-state index in [4.69, 9.17) is 9.15 Å². The van der Waals surface area contributed by atoms with E-state index in [1.807, 2.05) is 50.2 Å². The van der Waals surface area contributed by atoms with Gasteiger partial charge in [-0.05, 0) is 31.0 Å². The average molecular weight is 359 g/mol. The largest absolute Gasteiger partial charge is 0.488 e. The van der Waals surface area contributed by atoms with Gasteiger partial charge in [0.2, 0.25) is 0 Å². The van der Waals surface area contributed by atoms with Crippen LogP contribution in [0.4, 0.5) is 0 Å². The Balaban J connectivity index is 2.06. The van der Waals surface area contributed by atoms with Gasteiger partial charge in [-0.3, -0.25) is 0 Å². The molecule has 0 bridgehead atoms. The normalized spacial score (nSPS) is 10.9. The maximum Gasteiger partial charge on any atom is 0.339 e. The molecule has 0 radical (unpaired) electrons. The molecule has 0 saturated carbocycles. The van der Waals surface area contributed by atoms with Crippen LogP contribution in [0.15, 0.2) is 56.1 Å². The van der Waals surface area contributed by atoms with E-state index in [-0.39, 0.29) is 0 Å². The van der Waals surface area contributed by atoms with Crippen molar-refractivity contribution in [1.82, 2.24) is 0 Å². The maximum absolute atomic E-state index is 11.8. The molecule has 22 heavy (non-hydrogen) atoms. The summed E-state index contributed by atoms with van der Waals surface area (Å²) in [5.74, 6) is 0.559. The van der Waals surface area contributed by atoms with Crippen LogP contribution in [0.1, 0.15) is 16.7 Å². The quantitative estimate of drug-likeness (QED) is 0.634. The topological polar surface area (TPSA) is 39.4 Å². The molecule has 2 aromatic carbocycles. The molecule has 0 aliphatic rings. The summed E-state index contributed by atoms with van der Waals surface area (Å²) in [4.78, 5) is 11.8. The fourth-order valence-corrected chi connectivity index (χ4v) is 2.82. The van der Waals surface area contributed by atoms with Crippen molar-refractivity contribution >= 4 is 26.9 Å². The lowest BCUT2D eigenvalue weighted by Gasteiger charge is -2.12. The first kappa shape index (κ1) is 14.9. The summed E-state index contributed by atoms with van der Waals surface area (Å²) in [5.41, 5.74) is 3.16. The van der Waals surface area contributed by atoms with Crippen molar-refractivity contribution in [1.29, 1.82) is 0 Å². The van der Waals surface area contributed by atoms with Gasteiger partial charge in [0.25, 0.3) is 0 Å². The molecule has 0 aliphatic carbocycles. The molecule has 0 N–H and O–H groups in total. The van der Waals surface area contributed by atoms with Gasteiger partial charge < -0.3 is 9.15 Å². The Morgan fingerprint density at radius 3 is 2.59 bits per heavy atom. The first-order chi connectivity index (χ1) is 10.6. The zero-order valence-electron chi connectivity index (χ0n) is 12.4. The van der Waals surface area contributed by atoms with Crippen LogP contribution in [0, 0.1) is 13.8 Å². The second kappa shape index (κ2) is 5.97. The molecule has 3 nitrogen and oxygen atoms in total. The monoisotopic (exact) mass is 358 g/mol. The summed E-state index contributed by atoms with van der Waals surface area (Å²) in [7, 11) is 0. The van der Waals surface area contributed by atoms with Crippen LogP contribution < -0.4 is 10.4 Å². The number of hydrogen-bond donors (Lipinski definition) is 0. The molecule has 3 aromatic rings. The number of hydrogen-bond acceptors (Lipinski definition) is 3. The molecule has 0 saturated heterocycles. The van der Waals surface area contributed by atoms with Gasteiger partial charge in [0, 0.05) is 10.0 Å². The van der Waals surface area contributed by atoms with E-state index in [1.165, 1.54) is 6.07 Å². The van der Waals surface area contributed by atoms with Crippen LogP contribution in [-0.2, 0) is 6.61 Å². The van der Waals surface area contributed by atoms with E-state index < -0.39 is 5.63 Å². The summed E-state index contributed by atoms with van der Waals surface area (Å²) in [5, 5.41) is 0.853. The van der Waals surface area contributed by atoms with Crippen molar-refractivity contribution in [2.24, 2.45) is 0 Å². The minimum atomic E-state index is -0.400. The summed E-state index contributed by atoms with van der Waals surface area (Å²) in [6, 6.07) is 13.2. The molecule has 4 heteroatoms. The lowest BCUT2D eigenvalue weighted by atomic mass is 10.1. The van der Waals surface area contributed by atoms with Crippen molar-refractivity contribution in [3.8, 4) is 5.75 Å². The van der Waals surface area contributed by atoms with Crippen molar-refractivity contribution in [3.63, 3.8) is 0 Å². The number of ether oxygens (including phenoxy) is 1. The molecule has 1 aromatic heterocycles. The smallest absolute Gasteiger partial charge is 0.339 e. The maximum atomic E-state index is 11.8. The number of benzene rings is 2. The summed E-state index contributed by atoms with van der Waals surface area (Å²) < 4.78 is 12.2. The number of halogens is 1. The number of aryl methyl sites for hydroxylation is 2. The molecular weight excluding hydrogens is 344 g/mol. The fourth-order valence-electron chi connectivity index (χ4n) is 2.42. The Morgan fingerprint density at radius 2 is 1.82 bits per heavy atom. The highest BCUT2D eigenvalue weighted by molar-refractivity contribution is 9.10. The van der Waals surface area contributed by atoms with E-state index in [0.29, 0.717) is 17.9 Å². The molecule has 0 unspecified atom stereocenters. The zero-order chi connectivity index (χ0) is 15.7. The molecule has 1 heterocycles. The molecule has 0 atom stereocenters. The van der Waals surface area contributed by atoms with Crippen LogP contribution in [0.3, 0.4) is 0 Å². The standard InChI is InChI=1S/C18H15BrO3/c1-11-7-8-12(2)18-17(11)15(9-16(20)22-18)21-10-13-5-3-4-6-14(13)19/h3-9H,10H2,1-2H3. The number of fused-ring (bicyclic) bond motifs is 1. The Hall–Kier alpha value is -2.07. The van der Waals surface area contributed by atoms with Crippen molar-refractivity contribution in [2.75, 3.05) is 0 Å². The number of rotatable bonds is 3. The van der Waals surface area contributed by atoms with Gasteiger partial charge in [0.05, 0.1) is 11.5 Å². The Bertz CT molecular complexity index is 896. The van der Waals surface area contributed by atoms with Crippen LogP contribution in [0.2, 0.25) is 0 Å². The molecule has 112 valence electrons. The third-order valence-corrected chi connectivity index (χ3v) is 4.38. The van der Waals surface area contributed by atoms with Crippen LogP contribution in [0.5, 0.6) is 5.75 Å². The zero-order valence-corrected chi connectivity index (χ0v) is 13.9. The predicted molar refractivity (Wildman–Crippen MR) is 90.4 cm³/mol. The lowest BCUT2D eigenvalue weighted by molar-refractivity contribution is 0.306. The SMILES string of the molecule is Cc1ccc(C)c2c(OCc3ccccc3Br)cc(=O)oc12. The first-order valence-electron chi connectivity index (χ1n) is 6.96. The fraction of sp³-hybridized carbons (Fsp3) is 0.167. The summed E-state index contributed by atoms with van der Waals surface area (Å²) >= 11 is 3.50. The Labute approximate surface area is 136 Å². The van der Waals surface area contributed by atoms with Crippen molar-refractivity contribution in [3.05, 3.63) is 74.0 Å². The molecule has 3 rings (SSSR count). The Morgan fingerprint density at radius 1 is 1.09 bits per heavy atom. The molecule has 0 amide bonds. The average Bonchev–Trinajstić information content (AvgIpc) is 2.50. The van der Waals surface area contributed by atoms with Crippen LogP contribution >= 0.6 is 15.9 Å². The highest BCUT2D eigenvalue weighted by Gasteiger charge is 2.12. The van der Waals surface area contributed by atoms with Gasteiger partial charge in [0.1, 0.15) is 17.9 Å². The van der Waals surface area contributed by atoms with Gasteiger partial charge in [-0.25, -0.2) is 4.79 Å². The third kappa shape index (κ3) is 2.79. The van der Waals surface area contributed by atoms with E-state index in [2.05, 4.69) is 15.9 Å². The first-order valence-corrected chi connectivity index (χ1v) is 7.76.